The summed E-state index contributed by atoms with van der Waals surface area (Å²) in [5.41, 5.74) is 1.00. The summed E-state index contributed by atoms with van der Waals surface area (Å²) in [6.45, 7) is 5.67. The Kier molecular flexibility index (Phi) is 5.99. The number of nitrogens with zero attached hydrogens (tertiary/aromatic N) is 2. The van der Waals surface area contributed by atoms with Crippen LogP contribution in [-0.2, 0) is 10.0 Å². The summed E-state index contributed by atoms with van der Waals surface area (Å²) in [4.78, 5) is 18.4. The van der Waals surface area contributed by atoms with Gasteiger partial charge in [-0.2, -0.15) is 0 Å². The summed E-state index contributed by atoms with van der Waals surface area (Å²) in [6, 6.07) is -0.172. The third-order valence-electron chi connectivity index (χ3n) is 3.78. The quantitative estimate of drug-likeness (QED) is 0.827. The van der Waals surface area contributed by atoms with Gasteiger partial charge in [0.1, 0.15) is 0 Å². The summed E-state index contributed by atoms with van der Waals surface area (Å²) >= 11 is 1.61. The number of hydrogen-bond donors (Lipinski definition) is 2. The first-order valence-electron chi connectivity index (χ1n) is 7.66. The Morgan fingerprint density at radius 1 is 1.48 bits per heavy atom. The zero-order chi connectivity index (χ0) is 17.0. The highest BCUT2D eigenvalue weighted by Crippen LogP contribution is 2.19. The number of hydrogen-bond acceptors (Lipinski definition) is 5. The van der Waals surface area contributed by atoms with Crippen LogP contribution in [0.15, 0.2) is 5.38 Å². The second kappa shape index (κ2) is 7.59. The normalized spacial score (nSPS) is 18.0. The lowest BCUT2D eigenvalue weighted by Crippen LogP contribution is -2.49. The molecular formula is C14H24N4O3S2. The second-order valence-corrected chi connectivity index (χ2v) is 8.74. The minimum Gasteiger partial charge on any atom is -0.337 e. The maximum Gasteiger partial charge on any atom is 0.317 e. The standard InChI is InChI=1S/C14H24N4O3S2/c1-10(13-16-11(2)9-22-13)8-15-14(19)18-6-4-12(5-7-18)17-23(3,20)21/h9-10,12,17H,4-8H2,1-3H3,(H,15,19)/t10-/m0/s1. The second-order valence-electron chi connectivity index (χ2n) is 6.07. The van der Waals surface area contributed by atoms with E-state index in [9.17, 15) is 13.2 Å². The van der Waals surface area contributed by atoms with Crippen molar-refractivity contribution in [2.45, 2.75) is 38.6 Å². The van der Waals surface area contributed by atoms with Gasteiger partial charge in [-0.15, -0.1) is 11.3 Å². The number of likely N-dealkylation sites (tertiary alicyclic amines) is 1. The Morgan fingerprint density at radius 2 is 2.13 bits per heavy atom. The summed E-state index contributed by atoms with van der Waals surface area (Å²) in [5.74, 6) is 0.182. The Morgan fingerprint density at radius 3 is 2.65 bits per heavy atom. The van der Waals surface area contributed by atoms with E-state index in [1.165, 1.54) is 0 Å². The number of aryl methyl sites for hydroxylation is 1. The molecule has 0 aliphatic carbocycles. The largest absolute Gasteiger partial charge is 0.337 e. The van der Waals surface area contributed by atoms with Crippen LogP contribution in [0.25, 0.3) is 0 Å². The van der Waals surface area contributed by atoms with E-state index < -0.39 is 10.0 Å². The minimum absolute atomic E-state index is 0.0775. The van der Waals surface area contributed by atoms with Crippen molar-refractivity contribution in [2.24, 2.45) is 0 Å². The average Bonchev–Trinajstić information content (AvgIpc) is 2.90. The molecule has 130 valence electrons. The van der Waals surface area contributed by atoms with E-state index in [1.54, 1.807) is 16.2 Å². The predicted molar refractivity (Wildman–Crippen MR) is 91.2 cm³/mol. The number of rotatable bonds is 5. The maximum absolute atomic E-state index is 12.2. The summed E-state index contributed by atoms with van der Waals surface area (Å²) in [5, 5.41) is 5.97. The summed E-state index contributed by atoms with van der Waals surface area (Å²) in [7, 11) is -3.19. The molecule has 0 radical (unpaired) electrons. The monoisotopic (exact) mass is 360 g/mol. The molecule has 1 aliphatic rings. The molecular weight excluding hydrogens is 336 g/mol. The number of thiazole rings is 1. The van der Waals surface area contributed by atoms with Crippen LogP contribution in [0.5, 0.6) is 0 Å². The Hall–Kier alpha value is -1.19. The highest BCUT2D eigenvalue weighted by Gasteiger charge is 2.24. The van der Waals surface area contributed by atoms with Crippen LogP contribution in [0.4, 0.5) is 4.79 Å². The number of carbonyl (C=O) groups is 1. The molecule has 1 aliphatic heterocycles. The molecule has 0 spiro atoms. The third-order valence-corrected chi connectivity index (χ3v) is 5.74. The first kappa shape index (κ1) is 18.2. The highest BCUT2D eigenvalue weighted by atomic mass is 32.2. The van der Waals surface area contributed by atoms with E-state index in [-0.39, 0.29) is 18.0 Å². The van der Waals surface area contributed by atoms with Crippen molar-refractivity contribution >= 4 is 27.4 Å². The molecule has 0 aromatic carbocycles. The molecule has 1 aromatic rings. The molecule has 0 unspecified atom stereocenters. The number of carbonyl (C=O) groups excluding carboxylic acids is 1. The SMILES string of the molecule is Cc1csc([C@@H](C)CNC(=O)N2CCC(NS(C)(=O)=O)CC2)n1. The molecule has 0 saturated carbocycles. The smallest absolute Gasteiger partial charge is 0.317 e. The van der Waals surface area contributed by atoms with Gasteiger partial charge in [-0.1, -0.05) is 6.92 Å². The highest BCUT2D eigenvalue weighted by molar-refractivity contribution is 7.88. The maximum atomic E-state index is 12.2. The molecule has 1 saturated heterocycles. The van der Waals surface area contributed by atoms with Crippen LogP contribution in [0.1, 0.15) is 36.4 Å². The number of piperidine rings is 1. The Bertz CT molecular complexity index is 636. The molecule has 1 atom stereocenters. The first-order valence-corrected chi connectivity index (χ1v) is 10.4. The topological polar surface area (TPSA) is 91.4 Å². The summed E-state index contributed by atoms with van der Waals surface area (Å²) in [6.07, 6.45) is 2.44. The molecule has 2 rings (SSSR count). The van der Waals surface area contributed by atoms with Crippen molar-refractivity contribution in [3.05, 3.63) is 16.1 Å². The number of amides is 2. The van der Waals surface area contributed by atoms with Gasteiger partial charge in [0.2, 0.25) is 10.0 Å². The molecule has 23 heavy (non-hydrogen) atoms. The van der Waals surface area contributed by atoms with Crippen LogP contribution >= 0.6 is 11.3 Å². The predicted octanol–water partition coefficient (Wildman–Crippen LogP) is 1.28. The zero-order valence-electron chi connectivity index (χ0n) is 13.7. The third kappa shape index (κ3) is 5.74. The van der Waals surface area contributed by atoms with Gasteiger partial charge in [-0.05, 0) is 19.8 Å². The Labute approximate surface area is 141 Å². The number of sulfonamides is 1. The Balaban J connectivity index is 1.75. The summed E-state index contributed by atoms with van der Waals surface area (Å²) < 4.78 is 25.0. The van der Waals surface area contributed by atoms with E-state index in [2.05, 4.69) is 15.0 Å². The van der Waals surface area contributed by atoms with Gasteiger partial charge >= 0.3 is 6.03 Å². The molecule has 0 bridgehead atoms. The van der Waals surface area contributed by atoms with Crippen LogP contribution < -0.4 is 10.0 Å². The molecule has 2 heterocycles. The molecule has 2 amide bonds. The van der Waals surface area contributed by atoms with E-state index in [4.69, 9.17) is 0 Å². The molecule has 1 fully saturated rings. The molecule has 1 aromatic heterocycles. The van der Waals surface area contributed by atoms with Crippen molar-refractivity contribution in [2.75, 3.05) is 25.9 Å². The van der Waals surface area contributed by atoms with Gasteiger partial charge in [0, 0.05) is 42.7 Å². The number of aromatic nitrogens is 1. The molecule has 2 N–H and O–H groups in total. The fraction of sp³-hybridized carbons (Fsp3) is 0.714. The van der Waals surface area contributed by atoms with Gasteiger partial charge in [0.15, 0.2) is 0 Å². The van der Waals surface area contributed by atoms with E-state index in [0.29, 0.717) is 32.5 Å². The van der Waals surface area contributed by atoms with E-state index in [0.717, 1.165) is 17.0 Å². The lowest BCUT2D eigenvalue weighted by Gasteiger charge is -2.32. The van der Waals surface area contributed by atoms with Gasteiger partial charge < -0.3 is 10.2 Å². The first-order chi connectivity index (χ1) is 10.7. The average molecular weight is 361 g/mol. The molecule has 7 nitrogen and oxygen atoms in total. The van der Waals surface area contributed by atoms with Gasteiger partial charge in [0.25, 0.3) is 0 Å². The van der Waals surface area contributed by atoms with Crippen molar-refractivity contribution in [1.82, 2.24) is 19.9 Å². The van der Waals surface area contributed by atoms with Crippen LogP contribution in [0, 0.1) is 6.92 Å². The van der Waals surface area contributed by atoms with Crippen molar-refractivity contribution < 1.29 is 13.2 Å². The molecule has 9 heteroatoms. The van der Waals surface area contributed by atoms with Gasteiger partial charge in [0.05, 0.1) is 11.3 Å². The van der Waals surface area contributed by atoms with Crippen LogP contribution in [-0.4, -0.2) is 56.3 Å². The van der Waals surface area contributed by atoms with E-state index in [1.807, 2.05) is 19.2 Å². The van der Waals surface area contributed by atoms with E-state index >= 15 is 0 Å². The van der Waals surface area contributed by atoms with Crippen LogP contribution in [0.3, 0.4) is 0 Å². The number of urea groups is 1. The van der Waals surface area contributed by atoms with Crippen molar-refractivity contribution in [1.29, 1.82) is 0 Å². The van der Waals surface area contributed by atoms with Crippen LogP contribution in [0.2, 0.25) is 0 Å². The lowest BCUT2D eigenvalue weighted by molar-refractivity contribution is 0.179. The van der Waals surface area contributed by atoms with Gasteiger partial charge in [-0.3, -0.25) is 0 Å². The van der Waals surface area contributed by atoms with Gasteiger partial charge in [-0.25, -0.2) is 22.9 Å². The zero-order valence-corrected chi connectivity index (χ0v) is 15.3. The number of nitrogens with one attached hydrogen (secondary N) is 2. The lowest BCUT2D eigenvalue weighted by atomic mass is 10.1. The van der Waals surface area contributed by atoms with Crippen molar-refractivity contribution in [3.8, 4) is 0 Å². The minimum atomic E-state index is -3.19. The fourth-order valence-electron chi connectivity index (χ4n) is 2.54. The van der Waals surface area contributed by atoms with Crippen molar-refractivity contribution in [3.63, 3.8) is 0 Å². The fourth-order valence-corrected chi connectivity index (χ4v) is 4.24.